The Morgan fingerprint density at radius 3 is 2.62 bits per heavy atom. The molecule has 0 aromatic heterocycles. The Kier molecular flexibility index (Phi) is 4.30. The van der Waals surface area contributed by atoms with Gasteiger partial charge in [0.25, 0.3) is 0 Å². The molecule has 0 aliphatic carbocycles. The van der Waals surface area contributed by atoms with Gasteiger partial charge in [-0.1, -0.05) is 0 Å². The van der Waals surface area contributed by atoms with Gasteiger partial charge < -0.3 is 15.2 Å². The summed E-state index contributed by atoms with van der Waals surface area (Å²) in [5, 5.41) is 20.4. The van der Waals surface area contributed by atoms with Crippen LogP contribution in [0.5, 0.6) is 0 Å². The van der Waals surface area contributed by atoms with Crippen LogP contribution >= 0.6 is 0 Å². The van der Waals surface area contributed by atoms with Crippen molar-refractivity contribution in [2.75, 3.05) is 19.0 Å². The second-order valence-electron chi connectivity index (χ2n) is 3.09. The molecular formula is C11H12N2O3. The minimum Gasteiger partial charge on any atom is -0.467 e. The number of nitriles is 1. The minimum absolute atomic E-state index is 0.354. The van der Waals surface area contributed by atoms with E-state index in [1.54, 1.807) is 24.3 Å². The Hall–Kier alpha value is -2.06. The molecule has 0 aliphatic rings. The molecule has 0 heterocycles. The molecule has 0 spiro atoms. The lowest BCUT2D eigenvalue weighted by atomic mass is 10.2. The van der Waals surface area contributed by atoms with E-state index in [2.05, 4.69) is 10.1 Å². The number of benzene rings is 1. The van der Waals surface area contributed by atoms with Crippen molar-refractivity contribution in [2.45, 2.75) is 6.04 Å². The van der Waals surface area contributed by atoms with Crippen LogP contribution in [0.15, 0.2) is 24.3 Å². The largest absolute Gasteiger partial charge is 0.467 e. The quantitative estimate of drug-likeness (QED) is 0.722. The number of ether oxygens (including phenoxy) is 1. The smallest absolute Gasteiger partial charge is 0.330 e. The van der Waals surface area contributed by atoms with Crippen molar-refractivity contribution in [3.05, 3.63) is 29.8 Å². The molecule has 16 heavy (non-hydrogen) atoms. The Bertz CT molecular complexity index is 395. The van der Waals surface area contributed by atoms with Gasteiger partial charge >= 0.3 is 5.97 Å². The van der Waals surface area contributed by atoms with Gasteiger partial charge in [0.1, 0.15) is 6.04 Å². The van der Waals surface area contributed by atoms with E-state index in [9.17, 15) is 4.79 Å². The van der Waals surface area contributed by atoms with E-state index >= 15 is 0 Å². The summed E-state index contributed by atoms with van der Waals surface area (Å²) in [6, 6.07) is 7.75. The van der Waals surface area contributed by atoms with Crippen LogP contribution in [0, 0.1) is 11.3 Å². The number of aliphatic hydroxyl groups is 1. The van der Waals surface area contributed by atoms with Crippen molar-refractivity contribution in [3.8, 4) is 6.07 Å². The fraction of sp³-hybridized carbons (Fsp3) is 0.273. The van der Waals surface area contributed by atoms with E-state index < -0.39 is 12.0 Å². The maximum atomic E-state index is 11.2. The number of hydrogen-bond acceptors (Lipinski definition) is 5. The van der Waals surface area contributed by atoms with Crippen LogP contribution in [0.3, 0.4) is 0 Å². The van der Waals surface area contributed by atoms with E-state index in [1.807, 2.05) is 6.07 Å². The Morgan fingerprint density at radius 2 is 2.19 bits per heavy atom. The third-order valence-electron chi connectivity index (χ3n) is 2.02. The van der Waals surface area contributed by atoms with Crippen molar-refractivity contribution < 1.29 is 14.6 Å². The first-order valence-corrected chi connectivity index (χ1v) is 4.66. The van der Waals surface area contributed by atoms with Crippen LogP contribution in [0.25, 0.3) is 0 Å². The normalized spacial score (nSPS) is 11.3. The monoisotopic (exact) mass is 220 g/mol. The first-order valence-electron chi connectivity index (χ1n) is 4.66. The van der Waals surface area contributed by atoms with Crippen molar-refractivity contribution in [1.29, 1.82) is 5.26 Å². The fourth-order valence-corrected chi connectivity index (χ4v) is 1.16. The summed E-state index contributed by atoms with van der Waals surface area (Å²) in [4.78, 5) is 11.2. The first-order chi connectivity index (χ1) is 7.71. The lowest BCUT2D eigenvalue weighted by Gasteiger charge is -2.14. The Balaban J connectivity index is 2.71. The van der Waals surface area contributed by atoms with Gasteiger partial charge in [0.15, 0.2) is 0 Å². The molecule has 84 valence electrons. The number of rotatable bonds is 4. The molecule has 0 radical (unpaired) electrons. The van der Waals surface area contributed by atoms with Crippen LogP contribution in [0.1, 0.15) is 5.56 Å². The summed E-state index contributed by atoms with van der Waals surface area (Å²) in [5.74, 6) is -0.535. The Morgan fingerprint density at radius 1 is 1.56 bits per heavy atom. The lowest BCUT2D eigenvalue weighted by Crippen LogP contribution is -2.33. The number of carbonyl (C=O) groups is 1. The summed E-state index contributed by atoms with van der Waals surface area (Å²) >= 11 is 0. The van der Waals surface area contributed by atoms with Crippen LogP contribution in [0.4, 0.5) is 5.69 Å². The molecule has 0 aliphatic heterocycles. The molecule has 1 rings (SSSR count). The van der Waals surface area contributed by atoms with E-state index in [1.165, 1.54) is 7.11 Å². The molecule has 5 heteroatoms. The van der Waals surface area contributed by atoms with E-state index in [0.29, 0.717) is 11.3 Å². The van der Waals surface area contributed by atoms with E-state index in [-0.39, 0.29) is 6.61 Å². The maximum Gasteiger partial charge on any atom is 0.330 e. The number of methoxy groups -OCH3 is 1. The van der Waals surface area contributed by atoms with Crippen molar-refractivity contribution in [3.63, 3.8) is 0 Å². The highest BCUT2D eigenvalue weighted by atomic mass is 16.5. The molecule has 5 nitrogen and oxygen atoms in total. The highest BCUT2D eigenvalue weighted by Gasteiger charge is 2.17. The third kappa shape index (κ3) is 2.97. The van der Waals surface area contributed by atoms with E-state index in [4.69, 9.17) is 10.4 Å². The Labute approximate surface area is 93.3 Å². The zero-order valence-corrected chi connectivity index (χ0v) is 8.80. The topological polar surface area (TPSA) is 82.3 Å². The molecule has 1 aromatic rings. The maximum absolute atomic E-state index is 11.2. The fourth-order valence-electron chi connectivity index (χ4n) is 1.16. The molecule has 2 N–H and O–H groups in total. The second-order valence-corrected chi connectivity index (χ2v) is 3.09. The third-order valence-corrected chi connectivity index (χ3v) is 2.02. The molecule has 1 atom stereocenters. The molecule has 0 saturated carbocycles. The predicted octanol–water partition coefficient (Wildman–Crippen LogP) is 0.504. The number of anilines is 1. The minimum atomic E-state index is -0.794. The van der Waals surface area contributed by atoms with E-state index in [0.717, 1.165) is 0 Å². The molecule has 1 unspecified atom stereocenters. The average Bonchev–Trinajstić information content (AvgIpc) is 2.35. The van der Waals surface area contributed by atoms with Gasteiger partial charge in [0.05, 0.1) is 25.3 Å². The molecule has 1 aromatic carbocycles. The SMILES string of the molecule is COC(=O)C(CO)Nc1ccc(C#N)cc1. The number of nitrogens with one attached hydrogen (secondary N) is 1. The number of hydrogen-bond donors (Lipinski definition) is 2. The number of nitrogens with zero attached hydrogens (tertiary/aromatic N) is 1. The zero-order valence-electron chi connectivity index (χ0n) is 8.80. The summed E-state index contributed by atoms with van der Waals surface area (Å²) < 4.78 is 4.51. The number of carbonyl (C=O) groups excluding carboxylic acids is 1. The molecular weight excluding hydrogens is 208 g/mol. The predicted molar refractivity (Wildman–Crippen MR) is 57.7 cm³/mol. The molecule has 0 fully saturated rings. The summed E-state index contributed by atoms with van der Waals surface area (Å²) in [7, 11) is 1.26. The van der Waals surface area contributed by atoms with Crippen molar-refractivity contribution in [2.24, 2.45) is 0 Å². The number of esters is 1. The standard InChI is InChI=1S/C11H12N2O3/c1-16-11(15)10(7-14)13-9-4-2-8(6-12)3-5-9/h2-5,10,13-14H,7H2,1H3. The van der Waals surface area contributed by atoms with Crippen LogP contribution in [-0.2, 0) is 9.53 Å². The van der Waals surface area contributed by atoms with Gasteiger partial charge in [-0.25, -0.2) is 4.79 Å². The van der Waals surface area contributed by atoms with Gasteiger partial charge in [-0.05, 0) is 24.3 Å². The summed E-state index contributed by atoms with van der Waals surface area (Å²) in [5.41, 5.74) is 1.17. The van der Waals surface area contributed by atoms with Gasteiger partial charge in [-0.2, -0.15) is 5.26 Å². The highest BCUT2D eigenvalue weighted by Crippen LogP contribution is 2.10. The molecule has 0 amide bonds. The van der Waals surface area contributed by atoms with Gasteiger partial charge in [0, 0.05) is 5.69 Å². The van der Waals surface area contributed by atoms with Gasteiger partial charge in [-0.15, -0.1) is 0 Å². The highest BCUT2D eigenvalue weighted by molar-refractivity contribution is 5.79. The van der Waals surface area contributed by atoms with Crippen molar-refractivity contribution in [1.82, 2.24) is 0 Å². The summed E-state index contributed by atoms with van der Waals surface area (Å²) in [6.07, 6.45) is 0. The second kappa shape index (κ2) is 5.73. The number of aliphatic hydroxyl groups excluding tert-OH is 1. The molecule has 0 bridgehead atoms. The van der Waals surface area contributed by atoms with Crippen LogP contribution < -0.4 is 5.32 Å². The lowest BCUT2D eigenvalue weighted by molar-refractivity contribution is -0.142. The van der Waals surface area contributed by atoms with Crippen LogP contribution in [-0.4, -0.2) is 30.8 Å². The van der Waals surface area contributed by atoms with Crippen LogP contribution in [0.2, 0.25) is 0 Å². The molecule has 0 saturated heterocycles. The summed E-state index contributed by atoms with van der Waals surface area (Å²) in [6.45, 7) is -0.354. The van der Waals surface area contributed by atoms with Crippen molar-refractivity contribution >= 4 is 11.7 Å². The van der Waals surface area contributed by atoms with Gasteiger partial charge in [-0.3, -0.25) is 0 Å². The average molecular weight is 220 g/mol. The van der Waals surface area contributed by atoms with Gasteiger partial charge in [0.2, 0.25) is 0 Å². The first kappa shape index (κ1) is 12.0. The zero-order chi connectivity index (χ0) is 12.0.